The fourth-order valence-corrected chi connectivity index (χ4v) is 0.955. The lowest BCUT2D eigenvalue weighted by Gasteiger charge is -2.21. The maximum absolute atomic E-state index is 11.6. The lowest BCUT2D eigenvalue weighted by Crippen LogP contribution is -2.42. The van der Waals surface area contributed by atoms with Gasteiger partial charge < -0.3 is 15.8 Å². The van der Waals surface area contributed by atoms with Crippen molar-refractivity contribution in [2.24, 2.45) is 11.1 Å². The summed E-state index contributed by atoms with van der Waals surface area (Å²) in [5.74, 6) is 0.0143. The first-order valence-electron chi connectivity index (χ1n) is 5.60. The molecule has 15 heavy (non-hydrogen) atoms. The van der Waals surface area contributed by atoms with Crippen molar-refractivity contribution in [2.75, 3.05) is 26.3 Å². The molecule has 0 heterocycles. The van der Waals surface area contributed by atoms with E-state index < -0.39 is 5.41 Å². The first-order valence-corrected chi connectivity index (χ1v) is 5.60. The van der Waals surface area contributed by atoms with Gasteiger partial charge in [0.25, 0.3) is 0 Å². The first kappa shape index (κ1) is 14.4. The molecule has 0 aromatic rings. The van der Waals surface area contributed by atoms with Gasteiger partial charge in [-0.1, -0.05) is 6.92 Å². The van der Waals surface area contributed by atoms with Gasteiger partial charge in [0, 0.05) is 26.3 Å². The van der Waals surface area contributed by atoms with Gasteiger partial charge in [-0.3, -0.25) is 4.79 Å². The summed E-state index contributed by atoms with van der Waals surface area (Å²) in [6.07, 6.45) is 1.89. The normalized spacial score (nSPS) is 11.5. The van der Waals surface area contributed by atoms with Crippen molar-refractivity contribution >= 4 is 5.91 Å². The molecule has 0 unspecified atom stereocenters. The number of amides is 1. The zero-order valence-electron chi connectivity index (χ0n) is 10.1. The maximum atomic E-state index is 11.6. The molecule has 0 spiro atoms. The molecule has 0 atom stereocenters. The summed E-state index contributed by atoms with van der Waals surface area (Å²) in [6.45, 7) is 8.29. The highest BCUT2D eigenvalue weighted by atomic mass is 16.5. The van der Waals surface area contributed by atoms with E-state index in [2.05, 4.69) is 12.2 Å². The molecule has 0 aromatic carbocycles. The Morgan fingerprint density at radius 3 is 2.60 bits per heavy atom. The fraction of sp³-hybridized carbons (Fsp3) is 0.909. The standard InChI is InChI=1S/C11H24N2O2/c1-4-7-15-8-5-6-13-10(14)11(2,3)9-12/h4-9,12H2,1-3H3,(H,13,14). The van der Waals surface area contributed by atoms with E-state index in [0.29, 0.717) is 19.7 Å². The van der Waals surface area contributed by atoms with Gasteiger partial charge in [-0.2, -0.15) is 0 Å². The van der Waals surface area contributed by atoms with Crippen LogP contribution >= 0.6 is 0 Å². The number of nitrogens with two attached hydrogens (primary N) is 1. The molecular formula is C11H24N2O2. The van der Waals surface area contributed by atoms with Crippen LogP contribution in [-0.2, 0) is 9.53 Å². The molecular weight excluding hydrogens is 192 g/mol. The second kappa shape index (κ2) is 7.65. The SMILES string of the molecule is CCCOCCCNC(=O)C(C)(C)CN. The molecule has 0 aliphatic carbocycles. The van der Waals surface area contributed by atoms with E-state index in [1.54, 1.807) is 0 Å². The van der Waals surface area contributed by atoms with Gasteiger partial charge in [0.15, 0.2) is 0 Å². The second-order valence-electron chi connectivity index (χ2n) is 4.31. The highest BCUT2D eigenvalue weighted by Gasteiger charge is 2.24. The number of hydrogen-bond donors (Lipinski definition) is 2. The van der Waals surface area contributed by atoms with Crippen LogP contribution in [-0.4, -0.2) is 32.2 Å². The molecule has 0 fully saturated rings. The molecule has 0 aromatic heterocycles. The lowest BCUT2D eigenvalue weighted by atomic mass is 9.93. The zero-order chi connectivity index (χ0) is 11.7. The molecule has 90 valence electrons. The summed E-state index contributed by atoms with van der Waals surface area (Å²) >= 11 is 0. The van der Waals surface area contributed by atoms with Crippen LogP contribution in [0.5, 0.6) is 0 Å². The van der Waals surface area contributed by atoms with E-state index in [4.69, 9.17) is 10.5 Å². The summed E-state index contributed by atoms with van der Waals surface area (Å²) in [5, 5.41) is 2.85. The minimum atomic E-state index is -0.468. The number of carbonyl (C=O) groups is 1. The Morgan fingerprint density at radius 2 is 2.07 bits per heavy atom. The summed E-state index contributed by atoms with van der Waals surface area (Å²) in [4.78, 5) is 11.6. The average molecular weight is 216 g/mol. The number of nitrogens with one attached hydrogen (secondary N) is 1. The highest BCUT2D eigenvalue weighted by Crippen LogP contribution is 2.11. The van der Waals surface area contributed by atoms with Gasteiger partial charge in [0.05, 0.1) is 5.41 Å². The van der Waals surface area contributed by atoms with Crippen molar-refractivity contribution in [1.29, 1.82) is 0 Å². The monoisotopic (exact) mass is 216 g/mol. The molecule has 0 aliphatic heterocycles. The van der Waals surface area contributed by atoms with E-state index in [9.17, 15) is 4.79 Å². The van der Waals surface area contributed by atoms with E-state index in [1.807, 2.05) is 13.8 Å². The van der Waals surface area contributed by atoms with Crippen LogP contribution in [0.25, 0.3) is 0 Å². The smallest absolute Gasteiger partial charge is 0.226 e. The predicted molar refractivity (Wildman–Crippen MR) is 61.6 cm³/mol. The van der Waals surface area contributed by atoms with Crippen LogP contribution in [0.1, 0.15) is 33.6 Å². The predicted octanol–water partition coefficient (Wildman–Crippen LogP) is 0.904. The van der Waals surface area contributed by atoms with Crippen LogP contribution in [0.15, 0.2) is 0 Å². The highest BCUT2D eigenvalue weighted by molar-refractivity contribution is 5.81. The third-order valence-corrected chi connectivity index (χ3v) is 2.22. The van der Waals surface area contributed by atoms with Gasteiger partial charge in [-0.15, -0.1) is 0 Å². The van der Waals surface area contributed by atoms with Gasteiger partial charge in [0.1, 0.15) is 0 Å². The van der Waals surface area contributed by atoms with Crippen LogP contribution < -0.4 is 11.1 Å². The van der Waals surface area contributed by atoms with Gasteiger partial charge in [-0.25, -0.2) is 0 Å². The van der Waals surface area contributed by atoms with Crippen molar-refractivity contribution in [3.8, 4) is 0 Å². The minimum Gasteiger partial charge on any atom is -0.381 e. The Morgan fingerprint density at radius 1 is 1.40 bits per heavy atom. The van der Waals surface area contributed by atoms with E-state index in [0.717, 1.165) is 19.4 Å². The Bertz CT molecular complexity index is 181. The molecule has 1 amide bonds. The molecule has 0 aliphatic rings. The molecule has 3 N–H and O–H groups in total. The van der Waals surface area contributed by atoms with Gasteiger partial charge in [0.2, 0.25) is 5.91 Å². The Kier molecular flexibility index (Phi) is 7.34. The Labute approximate surface area is 92.6 Å². The van der Waals surface area contributed by atoms with Gasteiger partial charge in [-0.05, 0) is 26.7 Å². The maximum Gasteiger partial charge on any atom is 0.226 e. The lowest BCUT2D eigenvalue weighted by molar-refractivity contribution is -0.128. The number of hydrogen-bond acceptors (Lipinski definition) is 3. The molecule has 4 nitrogen and oxygen atoms in total. The Hall–Kier alpha value is -0.610. The molecule has 0 saturated heterocycles. The largest absolute Gasteiger partial charge is 0.381 e. The van der Waals surface area contributed by atoms with Crippen molar-refractivity contribution < 1.29 is 9.53 Å². The van der Waals surface area contributed by atoms with Crippen molar-refractivity contribution in [3.63, 3.8) is 0 Å². The van der Waals surface area contributed by atoms with Crippen LogP contribution in [0.2, 0.25) is 0 Å². The quantitative estimate of drug-likeness (QED) is 0.593. The molecule has 0 radical (unpaired) electrons. The number of ether oxygens (including phenoxy) is 1. The molecule has 0 bridgehead atoms. The van der Waals surface area contributed by atoms with Gasteiger partial charge >= 0.3 is 0 Å². The third kappa shape index (κ3) is 6.47. The second-order valence-corrected chi connectivity index (χ2v) is 4.31. The molecule has 4 heteroatoms. The summed E-state index contributed by atoms with van der Waals surface area (Å²) < 4.78 is 5.30. The van der Waals surface area contributed by atoms with E-state index in [1.165, 1.54) is 0 Å². The Balaban J connectivity index is 3.47. The van der Waals surface area contributed by atoms with E-state index >= 15 is 0 Å². The molecule has 0 saturated carbocycles. The fourth-order valence-electron chi connectivity index (χ4n) is 0.955. The van der Waals surface area contributed by atoms with Crippen LogP contribution in [0.4, 0.5) is 0 Å². The average Bonchev–Trinajstić information content (AvgIpc) is 2.22. The minimum absolute atomic E-state index is 0.0143. The zero-order valence-corrected chi connectivity index (χ0v) is 10.1. The first-order chi connectivity index (χ1) is 7.04. The molecule has 0 rings (SSSR count). The number of rotatable bonds is 8. The van der Waals surface area contributed by atoms with Crippen molar-refractivity contribution in [2.45, 2.75) is 33.6 Å². The van der Waals surface area contributed by atoms with E-state index in [-0.39, 0.29) is 5.91 Å². The van der Waals surface area contributed by atoms with Crippen molar-refractivity contribution in [3.05, 3.63) is 0 Å². The number of carbonyl (C=O) groups excluding carboxylic acids is 1. The summed E-state index contributed by atoms with van der Waals surface area (Å²) in [7, 11) is 0. The van der Waals surface area contributed by atoms with Crippen molar-refractivity contribution in [1.82, 2.24) is 5.32 Å². The third-order valence-electron chi connectivity index (χ3n) is 2.22. The topological polar surface area (TPSA) is 64.3 Å². The summed E-state index contributed by atoms with van der Waals surface area (Å²) in [6, 6.07) is 0. The van der Waals surface area contributed by atoms with Crippen LogP contribution in [0.3, 0.4) is 0 Å². The van der Waals surface area contributed by atoms with Crippen LogP contribution in [0, 0.1) is 5.41 Å². The summed E-state index contributed by atoms with van der Waals surface area (Å²) in [5.41, 5.74) is 5.02.